The standard InChI is InChI=1S/C22H20F3N5/c1-11-10-26-18-13(11)6-5-7-15(18)14-8-9-16-19(17(14)22(23,24)25)30-12(2)28-29-20(30)21(3,4)27-16/h5-10,26-27H,1-4H3. The van der Waals surface area contributed by atoms with E-state index < -0.39 is 17.3 Å². The Balaban J connectivity index is 1.90. The van der Waals surface area contributed by atoms with Gasteiger partial charge in [0.25, 0.3) is 0 Å². The number of alkyl halides is 3. The minimum Gasteiger partial charge on any atom is -0.371 e. The Labute approximate surface area is 170 Å². The average Bonchev–Trinajstić information content (AvgIpc) is 3.24. The first-order valence-electron chi connectivity index (χ1n) is 9.62. The second-order valence-electron chi connectivity index (χ2n) is 8.24. The van der Waals surface area contributed by atoms with E-state index in [1.54, 1.807) is 31.2 Å². The molecule has 4 aromatic rings. The Kier molecular flexibility index (Phi) is 3.66. The number of fused-ring (bicyclic) bond motifs is 4. The van der Waals surface area contributed by atoms with Gasteiger partial charge in [0.15, 0.2) is 5.82 Å². The lowest BCUT2D eigenvalue weighted by molar-refractivity contribution is -0.137. The van der Waals surface area contributed by atoms with Gasteiger partial charge in [0, 0.05) is 17.1 Å². The Morgan fingerprint density at radius 2 is 1.77 bits per heavy atom. The quantitative estimate of drug-likeness (QED) is 0.422. The van der Waals surface area contributed by atoms with Crippen molar-refractivity contribution in [3.8, 4) is 16.8 Å². The van der Waals surface area contributed by atoms with Crippen molar-refractivity contribution in [1.29, 1.82) is 0 Å². The highest BCUT2D eigenvalue weighted by Crippen LogP contribution is 2.48. The molecule has 0 amide bonds. The molecule has 154 valence electrons. The number of hydrogen-bond donors (Lipinski definition) is 2. The average molecular weight is 411 g/mol. The number of rotatable bonds is 1. The number of aromatic nitrogens is 4. The Hall–Kier alpha value is -3.29. The van der Waals surface area contributed by atoms with Crippen LogP contribution in [0.4, 0.5) is 18.9 Å². The van der Waals surface area contributed by atoms with Gasteiger partial charge in [-0.25, -0.2) is 0 Å². The first-order valence-corrected chi connectivity index (χ1v) is 9.62. The number of nitrogens with one attached hydrogen (secondary N) is 2. The number of H-pyrrole nitrogens is 1. The summed E-state index contributed by atoms with van der Waals surface area (Å²) in [7, 11) is 0. The first kappa shape index (κ1) is 18.7. The number of aromatic amines is 1. The molecule has 5 rings (SSSR count). The minimum atomic E-state index is -4.58. The van der Waals surface area contributed by atoms with Crippen LogP contribution in [-0.2, 0) is 11.7 Å². The molecule has 0 radical (unpaired) electrons. The third-order valence-corrected chi connectivity index (χ3v) is 5.73. The second kappa shape index (κ2) is 5.87. The third-order valence-electron chi connectivity index (χ3n) is 5.73. The van der Waals surface area contributed by atoms with Crippen molar-refractivity contribution >= 4 is 16.6 Å². The molecular formula is C22H20F3N5. The van der Waals surface area contributed by atoms with E-state index in [0.29, 0.717) is 28.4 Å². The van der Waals surface area contributed by atoms with Crippen molar-refractivity contribution in [1.82, 2.24) is 19.7 Å². The van der Waals surface area contributed by atoms with Gasteiger partial charge in [-0.1, -0.05) is 24.3 Å². The number of aryl methyl sites for hydroxylation is 2. The van der Waals surface area contributed by atoms with Gasteiger partial charge in [-0.3, -0.25) is 4.57 Å². The van der Waals surface area contributed by atoms with Gasteiger partial charge in [-0.2, -0.15) is 13.2 Å². The fraction of sp³-hybridized carbons (Fsp3) is 0.273. The van der Waals surface area contributed by atoms with Crippen LogP contribution in [0.1, 0.15) is 36.6 Å². The molecule has 0 saturated heterocycles. The van der Waals surface area contributed by atoms with Gasteiger partial charge in [0.2, 0.25) is 0 Å². The lowest BCUT2D eigenvalue weighted by Crippen LogP contribution is -2.37. The maximum atomic E-state index is 14.6. The van der Waals surface area contributed by atoms with Gasteiger partial charge in [-0.15, -0.1) is 10.2 Å². The van der Waals surface area contributed by atoms with E-state index >= 15 is 0 Å². The number of hydrogen-bond acceptors (Lipinski definition) is 3. The smallest absolute Gasteiger partial charge is 0.371 e. The van der Waals surface area contributed by atoms with E-state index in [2.05, 4.69) is 20.5 Å². The summed E-state index contributed by atoms with van der Waals surface area (Å²) in [6.07, 6.45) is -2.77. The van der Waals surface area contributed by atoms with Gasteiger partial charge in [-0.05, 0) is 44.9 Å². The van der Waals surface area contributed by atoms with E-state index in [0.717, 1.165) is 10.9 Å². The lowest BCUT2D eigenvalue weighted by Gasteiger charge is -2.35. The molecule has 0 spiro atoms. The highest BCUT2D eigenvalue weighted by Gasteiger charge is 2.43. The summed E-state index contributed by atoms with van der Waals surface area (Å²) in [6, 6.07) is 8.66. The zero-order chi connectivity index (χ0) is 21.4. The molecule has 2 N–H and O–H groups in total. The summed E-state index contributed by atoms with van der Waals surface area (Å²) < 4.78 is 45.2. The number of halogens is 3. The van der Waals surface area contributed by atoms with Crippen LogP contribution >= 0.6 is 0 Å². The summed E-state index contributed by atoms with van der Waals surface area (Å²) >= 11 is 0. The van der Waals surface area contributed by atoms with Crippen LogP contribution in [-0.4, -0.2) is 19.7 Å². The highest BCUT2D eigenvalue weighted by molar-refractivity contribution is 5.98. The zero-order valence-corrected chi connectivity index (χ0v) is 16.9. The molecule has 0 bridgehead atoms. The molecule has 30 heavy (non-hydrogen) atoms. The summed E-state index contributed by atoms with van der Waals surface area (Å²) in [5.41, 5.74) is 1.38. The second-order valence-corrected chi connectivity index (χ2v) is 8.24. The maximum absolute atomic E-state index is 14.6. The Morgan fingerprint density at radius 3 is 2.50 bits per heavy atom. The number of benzene rings is 2. The minimum absolute atomic E-state index is 0.0390. The summed E-state index contributed by atoms with van der Waals surface area (Å²) in [5, 5.41) is 12.3. The molecule has 0 fully saturated rings. The van der Waals surface area contributed by atoms with Crippen LogP contribution in [0.5, 0.6) is 0 Å². The van der Waals surface area contributed by atoms with Crippen molar-refractivity contribution < 1.29 is 13.2 Å². The number of nitrogens with zero attached hydrogens (tertiary/aromatic N) is 3. The van der Waals surface area contributed by atoms with E-state index in [-0.39, 0.29) is 11.3 Å². The van der Waals surface area contributed by atoms with Crippen molar-refractivity contribution in [3.05, 3.63) is 59.3 Å². The molecule has 3 heterocycles. The zero-order valence-electron chi connectivity index (χ0n) is 16.9. The molecule has 2 aromatic carbocycles. The van der Waals surface area contributed by atoms with Crippen LogP contribution in [0.2, 0.25) is 0 Å². The highest BCUT2D eigenvalue weighted by atomic mass is 19.4. The van der Waals surface area contributed by atoms with Crippen molar-refractivity contribution in [3.63, 3.8) is 0 Å². The van der Waals surface area contributed by atoms with Gasteiger partial charge >= 0.3 is 6.18 Å². The molecule has 2 aromatic heterocycles. The van der Waals surface area contributed by atoms with E-state index in [4.69, 9.17) is 0 Å². The maximum Gasteiger partial charge on any atom is 0.419 e. The predicted octanol–water partition coefficient (Wildman–Crippen LogP) is 5.71. The van der Waals surface area contributed by atoms with Crippen LogP contribution in [0, 0.1) is 13.8 Å². The Morgan fingerprint density at radius 1 is 1.00 bits per heavy atom. The fourth-order valence-corrected chi connectivity index (χ4v) is 4.38. The number of anilines is 1. The third kappa shape index (κ3) is 2.49. The topological polar surface area (TPSA) is 58.5 Å². The fourth-order valence-electron chi connectivity index (χ4n) is 4.38. The first-order chi connectivity index (χ1) is 14.1. The van der Waals surface area contributed by atoms with Gasteiger partial charge < -0.3 is 10.3 Å². The summed E-state index contributed by atoms with van der Waals surface area (Å²) in [4.78, 5) is 3.14. The molecule has 1 aliphatic heterocycles. The summed E-state index contributed by atoms with van der Waals surface area (Å²) in [6.45, 7) is 7.35. The van der Waals surface area contributed by atoms with Crippen molar-refractivity contribution in [2.45, 2.75) is 39.4 Å². The van der Waals surface area contributed by atoms with Crippen LogP contribution in [0.15, 0.2) is 36.5 Å². The summed E-state index contributed by atoms with van der Waals surface area (Å²) in [5.74, 6) is 0.862. The van der Waals surface area contributed by atoms with Crippen LogP contribution in [0.3, 0.4) is 0 Å². The molecule has 0 unspecified atom stereocenters. The van der Waals surface area contributed by atoms with E-state index in [9.17, 15) is 13.2 Å². The Bertz CT molecular complexity index is 1310. The molecular weight excluding hydrogens is 391 g/mol. The van der Waals surface area contributed by atoms with Crippen molar-refractivity contribution in [2.75, 3.05) is 5.32 Å². The normalized spacial score (nSPS) is 15.0. The van der Waals surface area contributed by atoms with Crippen molar-refractivity contribution in [2.24, 2.45) is 0 Å². The molecule has 8 heteroatoms. The molecule has 5 nitrogen and oxygen atoms in total. The van der Waals surface area contributed by atoms with E-state index in [1.807, 2.05) is 33.0 Å². The molecule has 0 aliphatic carbocycles. The molecule has 0 atom stereocenters. The largest absolute Gasteiger partial charge is 0.419 e. The van der Waals surface area contributed by atoms with Crippen LogP contribution in [0.25, 0.3) is 27.7 Å². The monoisotopic (exact) mass is 411 g/mol. The number of para-hydroxylation sites is 1. The van der Waals surface area contributed by atoms with Gasteiger partial charge in [0.1, 0.15) is 5.82 Å². The molecule has 0 saturated carbocycles. The molecule has 1 aliphatic rings. The van der Waals surface area contributed by atoms with Crippen LogP contribution < -0.4 is 5.32 Å². The van der Waals surface area contributed by atoms with E-state index in [1.165, 1.54) is 4.57 Å². The lowest BCUT2D eigenvalue weighted by atomic mass is 9.91. The van der Waals surface area contributed by atoms with Gasteiger partial charge in [0.05, 0.1) is 28.0 Å². The predicted molar refractivity (Wildman–Crippen MR) is 110 cm³/mol. The SMILES string of the molecule is Cc1c[nH]c2c(-c3ccc4c(c3C(F)(F)F)-n3c(C)nnc3C(C)(C)N4)cccc12.